The summed E-state index contributed by atoms with van der Waals surface area (Å²) in [4.78, 5) is 10.2. The Morgan fingerprint density at radius 1 is 1.60 bits per heavy atom. The fraction of sp³-hybridized carbons (Fsp3) is 0.857. The second kappa shape index (κ2) is 3.68. The average molecular weight is 146 g/mol. The third-order valence-corrected chi connectivity index (χ3v) is 1.47. The SMILES string of the molecule is C.O=CC1(O)CCCOC1. The maximum Gasteiger partial charge on any atom is 0.153 e. The summed E-state index contributed by atoms with van der Waals surface area (Å²) in [5.74, 6) is 0. The Hall–Kier alpha value is -0.410. The topological polar surface area (TPSA) is 46.5 Å². The van der Waals surface area contributed by atoms with Crippen molar-refractivity contribution in [3.8, 4) is 0 Å². The van der Waals surface area contributed by atoms with Crippen molar-refractivity contribution in [1.82, 2.24) is 0 Å². The van der Waals surface area contributed by atoms with E-state index in [1.165, 1.54) is 0 Å². The summed E-state index contributed by atoms with van der Waals surface area (Å²) in [5.41, 5.74) is -1.18. The third-order valence-electron chi connectivity index (χ3n) is 1.47. The molecule has 3 heteroatoms. The quantitative estimate of drug-likeness (QED) is 0.543. The molecule has 3 nitrogen and oxygen atoms in total. The Morgan fingerprint density at radius 3 is 2.60 bits per heavy atom. The van der Waals surface area contributed by atoms with Crippen molar-refractivity contribution in [2.24, 2.45) is 0 Å². The third kappa shape index (κ3) is 2.08. The van der Waals surface area contributed by atoms with E-state index < -0.39 is 5.60 Å². The summed E-state index contributed by atoms with van der Waals surface area (Å²) in [7, 11) is 0. The number of carbonyl (C=O) groups excluding carboxylic acids is 1. The lowest BCUT2D eigenvalue weighted by molar-refractivity contribution is -0.137. The van der Waals surface area contributed by atoms with Gasteiger partial charge >= 0.3 is 0 Å². The first-order valence-corrected chi connectivity index (χ1v) is 3.03. The van der Waals surface area contributed by atoms with Crippen LogP contribution in [-0.4, -0.2) is 30.2 Å². The van der Waals surface area contributed by atoms with Gasteiger partial charge in [0.05, 0.1) is 6.61 Å². The number of hydrogen-bond acceptors (Lipinski definition) is 3. The first kappa shape index (κ1) is 9.59. The summed E-state index contributed by atoms with van der Waals surface area (Å²) in [6.07, 6.45) is 1.87. The van der Waals surface area contributed by atoms with E-state index >= 15 is 0 Å². The molecule has 60 valence electrons. The van der Waals surface area contributed by atoms with Gasteiger partial charge in [-0.3, -0.25) is 0 Å². The molecule has 1 atom stereocenters. The van der Waals surface area contributed by atoms with E-state index in [9.17, 15) is 9.90 Å². The fourth-order valence-corrected chi connectivity index (χ4v) is 0.894. The van der Waals surface area contributed by atoms with E-state index in [1.807, 2.05) is 0 Å². The minimum absolute atomic E-state index is 0. The highest BCUT2D eigenvalue weighted by atomic mass is 16.5. The van der Waals surface area contributed by atoms with Gasteiger partial charge in [0.2, 0.25) is 0 Å². The molecule has 10 heavy (non-hydrogen) atoms. The molecule has 1 N–H and O–H groups in total. The van der Waals surface area contributed by atoms with E-state index in [4.69, 9.17) is 4.74 Å². The van der Waals surface area contributed by atoms with Gasteiger partial charge in [-0.25, -0.2) is 0 Å². The Labute approximate surface area is 61.0 Å². The second-order valence-corrected chi connectivity index (χ2v) is 2.38. The largest absolute Gasteiger partial charge is 0.380 e. The highest BCUT2D eigenvalue weighted by molar-refractivity contribution is 5.62. The minimum atomic E-state index is -1.18. The molecule has 0 aromatic heterocycles. The van der Waals surface area contributed by atoms with Crippen LogP contribution >= 0.6 is 0 Å². The smallest absolute Gasteiger partial charge is 0.153 e. The lowest BCUT2D eigenvalue weighted by Crippen LogP contribution is -2.39. The molecular weight excluding hydrogens is 132 g/mol. The molecule has 1 fully saturated rings. The number of aliphatic hydroxyl groups is 1. The molecule has 1 heterocycles. The molecule has 0 radical (unpaired) electrons. The van der Waals surface area contributed by atoms with E-state index in [2.05, 4.69) is 0 Å². The lowest BCUT2D eigenvalue weighted by atomic mass is 9.99. The number of ether oxygens (including phenoxy) is 1. The summed E-state index contributed by atoms with van der Waals surface area (Å²) >= 11 is 0. The Morgan fingerprint density at radius 2 is 2.30 bits per heavy atom. The highest BCUT2D eigenvalue weighted by Crippen LogP contribution is 2.15. The summed E-state index contributed by atoms with van der Waals surface area (Å²) < 4.78 is 4.89. The van der Waals surface area contributed by atoms with Crippen molar-refractivity contribution < 1.29 is 14.6 Å². The van der Waals surface area contributed by atoms with Crippen molar-refractivity contribution in [3.05, 3.63) is 0 Å². The van der Waals surface area contributed by atoms with Gasteiger partial charge in [0.1, 0.15) is 5.60 Å². The van der Waals surface area contributed by atoms with Gasteiger partial charge in [-0.05, 0) is 12.8 Å². The second-order valence-electron chi connectivity index (χ2n) is 2.38. The van der Waals surface area contributed by atoms with Crippen LogP contribution in [0.25, 0.3) is 0 Å². The first-order chi connectivity index (χ1) is 4.27. The zero-order valence-electron chi connectivity index (χ0n) is 5.17. The summed E-state index contributed by atoms with van der Waals surface area (Å²) in [5, 5.41) is 9.19. The summed E-state index contributed by atoms with van der Waals surface area (Å²) in [6.45, 7) is 0.826. The molecule has 0 spiro atoms. The Kier molecular flexibility index (Phi) is 3.53. The molecule has 0 aromatic carbocycles. The van der Waals surface area contributed by atoms with Gasteiger partial charge in [-0.1, -0.05) is 7.43 Å². The number of carbonyl (C=O) groups is 1. The van der Waals surface area contributed by atoms with Gasteiger partial charge in [-0.2, -0.15) is 0 Å². The van der Waals surface area contributed by atoms with E-state index in [0.717, 1.165) is 6.42 Å². The number of hydrogen-bond donors (Lipinski definition) is 1. The predicted octanol–water partition coefficient (Wildman–Crippen LogP) is 0.363. The fourth-order valence-electron chi connectivity index (χ4n) is 0.894. The molecule has 1 unspecified atom stereocenters. The normalized spacial score (nSPS) is 32.5. The van der Waals surface area contributed by atoms with Crippen LogP contribution in [0.1, 0.15) is 20.3 Å². The zero-order valence-corrected chi connectivity index (χ0v) is 5.17. The maximum absolute atomic E-state index is 10.2. The van der Waals surface area contributed by atoms with Gasteiger partial charge in [-0.15, -0.1) is 0 Å². The van der Waals surface area contributed by atoms with Crippen LogP contribution in [-0.2, 0) is 9.53 Å². The molecular formula is C7H14O3. The zero-order chi connectivity index (χ0) is 6.74. The van der Waals surface area contributed by atoms with Gasteiger partial charge in [0, 0.05) is 6.61 Å². The highest BCUT2D eigenvalue weighted by Gasteiger charge is 2.28. The molecule has 0 amide bonds. The van der Waals surface area contributed by atoms with E-state index in [1.54, 1.807) is 0 Å². The van der Waals surface area contributed by atoms with Crippen LogP contribution in [0.3, 0.4) is 0 Å². The van der Waals surface area contributed by atoms with Crippen molar-refractivity contribution in [3.63, 3.8) is 0 Å². The predicted molar refractivity (Wildman–Crippen MR) is 37.8 cm³/mol. The molecule has 0 bridgehead atoms. The molecule has 1 aliphatic heterocycles. The lowest BCUT2D eigenvalue weighted by Gasteiger charge is -2.25. The number of aldehydes is 1. The Balaban J connectivity index is 0.000000810. The van der Waals surface area contributed by atoms with Crippen molar-refractivity contribution in [2.75, 3.05) is 13.2 Å². The summed E-state index contributed by atoms with van der Waals surface area (Å²) in [6, 6.07) is 0. The van der Waals surface area contributed by atoms with Crippen LogP contribution in [0.15, 0.2) is 0 Å². The molecule has 1 saturated heterocycles. The first-order valence-electron chi connectivity index (χ1n) is 3.03. The van der Waals surface area contributed by atoms with E-state index in [0.29, 0.717) is 19.3 Å². The van der Waals surface area contributed by atoms with Gasteiger partial charge < -0.3 is 14.6 Å². The van der Waals surface area contributed by atoms with Crippen molar-refractivity contribution in [1.29, 1.82) is 0 Å². The van der Waals surface area contributed by atoms with Gasteiger partial charge in [0.15, 0.2) is 6.29 Å². The number of rotatable bonds is 1. The minimum Gasteiger partial charge on any atom is -0.380 e. The van der Waals surface area contributed by atoms with E-state index in [-0.39, 0.29) is 14.0 Å². The van der Waals surface area contributed by atoms with Gasteiger partial charge in [0.25, 0.3) is 0 Å². The van der Waals surface area contributed by atoms with Crippen LogP contribution in [0.5, 0.6) is 0 Å². The van der Waals surface area contributed by atoms with Crippen molar-refractivity contribution >= 4 is 6.29 Å². The maximum atomic E-state index is 10.2. The molecule has 0 saturated carbocycles. The van der Waals surface area contributed by atoms with Crippen molar-refractivity contribution in [2.45, 2.75) is 25.9 Å². The monoisotopic (exact) mass is 146 g/mol. The average Bonchev–Trinajstić information content (AvgIpc) is 1.90. The van der Waals surface area contributed by atoms with Crippen LogP contribution in [0.2, 0.25) is 0 Å². The standard InChI is InChI=1S/C6H10O3.CH4/c7-4-6(8)2-1-3-9-5-6;/h4,8H,1-3,5H2;1H4. The molecule has 1 rings (SSSR count). The molecule has 1 aliphatic rings. The van der Waals surface area contributed by atoms with Crippen LogP contribution < -0.4 is 0 Å². The van der Waals surface area contributed by atoms with Crippen LogP contribution in [0.4, 0.5) is 0 Å². The molecule has 0 aromatic rings. The van der Waals surface area contributed by atoms with Crippen LogP contribution in [0, 0.1) is 0 Å². The Bertz CT molecular complexity index is 105. The molecule has 0 aliphatic carbocycles.